The summed E-state index contributed by atoms with van der Waals surface area (Å²) in [6.07, 6.45) is 6.90. The first-order valence-corrected chi connectivity index (χ1v) is 5.67. The smallest absolute Gasteiger partial charge is 0.359 e. The summed E-state index contributed by atoms with van der Waals surface area (Å²) in [5, 5.41) is 0. The molecule has 0 unspecified atom stereocenters. The molecule has 0 aromatic carbocycles. The predicted molar refractivity (Wildman–Crippen MR) is 64.4 cm³/mol. The van der Waals surface area contributed by atoms with Crippen molar-refractivity contribution in [3.05, 3.63) is 37.2 Å². The molecule has 0 aliphatic rings. The third-order valence-electron chi connectivity index (χ3n) is 2.55. The van der Waals surface area contributed by atoms with Crippen LogP contribution in [-0.4, -0.2) is 26.5 Å². The molecule has 90 valence electrons. The Hall–Kier alpha value is -2.50. The summed E-state index contributed by atoms with van der Waals surface area (Å²) >= 11 is 0. The number of nitrogens with zero attached hydrogens (tertiary/aromatic N) is 4. The third kappa shape index (κ3) is 1.77. The van der Waals surface area contributed by atoms with E-state index in [9.17, 15) is 0 Å². The van der Waals surface area contributed by atoms with Gasteiger partial charge in [0.15, 0.2) is 5.65 Å². The average Bonchev–Trinajstić information content (AvgIpc) is 2.88. The lowest BCUT2D eigenvalue weighted by Gasteiger charge is -2.01. The molecule has 1 N–H and O–H groups in total. The molecule has 0 atom stereocenters. The molecule has 3 aromatic heterocycles. The quantitative estimate of drug-likeness (QED) is 0.696. The van der Waals surface area contributed by atoms with Gasteiger partial charge in [0.05, 0.1) is 25.3 Å². The molecule has 0 aliphatic carbocycles. The van der Waals surface area contributed by atoms with Gasteiger partial charge in [-0.15, -0.1) is 0 Å². The summed E-state index contributed by atoms with van der Waals surface area (Å²) in [5.41, 5.74) is 1.47. The first-order valence-electron chi connectivity index (χ1n) is 5.67. The fourth-order valence-electron chi connectivity index (χ4n) is 1.76. The van der Waals surface area contributed by atoms with Crippen molar-refractivity contribution in [2.75, 3.05) is 6.61 Å². The summed E-state index contributed by atoms with van der Waals surface area (Å²) in [4.78, 5) is 15.5. The Kier molecular flexibility index (Phi) is 2.60. The van der Waals surface area contributed by atoms with E-state index in [1.807, 2.05) is 36.0 Å². The molecular weight excluding hydrogens is 230 g/mol. The second kappa shape index (κ2) is 4.40. The minimum atomic E-state index is 0.654. The van der Waals surface area contributed by atoms with Crippen LogP contribution in [0.2, 0.25) is 0 Å². The van der Waals surface area contributed by atoms with Gasteiger partial charge in [0.1, 0.15) is 5.75 Å². The van der Waals surface area contributed by atoms with Gasteiger partial charge in [0, 0.05) is 12.1 Å². The number of rotatable bonds is 3. The Morgan fingerprint density at radius 2 is 2.06 bits per heavy atom. The Balaban J connectivity index is 2.06. The maximum absolute atomic E-state index is 5.40. The molecule has 3 rings (SSSR count). The number of aromatic amines is 1. The standard InChI is InChI=1S/C12H12N5O/c1-2-18-9-3-5-17(6-4-9)12-10-11(14-7-13-10)15-8-16-12/h3-8H,2H2,1H3,(H,13,14,15,16)/q+1. The van der Waals surface area contributed by atoms with Gasteiger partial charge in [-0.3, -0.25) is 0 Å². The van der Waals surface area contributed by atoms with Crippen LogP contribution in [0.15, 0.2) is 37.2 Å². The molecule has 0 amide bonds. The molecule has 0 bridgehead atoms. The monoisotopic (exact) mass is 242 g/mol. The van der Waals surface area contributed by atoms with E-state index >= 15 is 0 Å². The molecule has 0 radical (unpaired) electrons. The van der Waals surface area contributed by atoms with Crippen molar-refractivity contribution in [2.45, 2.75) is 6.92 Å². The minimum Gasteiger partial charge on any atom is -0.494 e. The number of hydrogen-bond acceptors (Lipinski definition) is 4. The van der Waals surface area contributed by atoms with Crippen molar-refractivity contribution in [3.8, 4) is 11.6 Å². The number of aromatic nitrogens is 5. The van der Waals surface area contributed by atoms with Gasteiger partial charge in [-0.2, -0.15) is 4.98 Å². The summed E-state index contributed by atoms with van der Waals surface area (Å²) in [6.45, 7) is 2.61. The van der Waals surface area contributed by atoms with E-state index in [4.69, 9.17) is 4.74 Å². The molecule has 6 nitrogen and oxygen atoms in total. The molecule has 0 aliphatic heterocycles. The second-order valence-electron chi connectivity index (χ2n) is 3.67. The molecule has 0 saturated carbocycles. The Bertz CT molecular complexity index is 662. The van der Waals surface area contributed by atoms with Crippen LogP contribution in [0.5, 0.6) is 5.75 Å². The summed E-state index contributed by atoms with van der Waals surface area (Å²) in [7, 11) is 0. The maximum atomic E-state index is 5.40. The highest BCUT2D eigenvalue weighted by Crippen LogP contribution is 2.11. The van der Waals surface area contributed by atoms with E-state index in [2.05, 4.69) is 19.9 Å². The molecule has 3 heterocycles. The van der Waals surface area contributed by atoms with E-state index in [1.54, 1.807) is 6.33 Å². The largest absolute Gasteiger partial charge is 0.494 e. The minimum absolute atomic E-state index is 0.654. The zero-order valence-corrected chi connectivity index (χ0v) is 9.87. The van der Waals surface area contributed by atoms with E-state index < -0.39 is 0 Å². The van der Waals surface area contributed by atoms with Gasteiger partial charge in [-0.05, 0) is 11.9 Å². The zero-order valence-electron chi connectivity index (χ0n) is 9.87. The van der Waals surface area contributed by atoms with Crippen LogP contribution in [0, 0.1) is 0 Å². The van der Waals surface area contributed by atoms with Crippen molar-refractivity contribution < 1.29 is 9.30 Å². The summed E-state index contributed by atoms with van der Waals surface area (Å²) in [5.74, 6) is 1.57. The Labute approximate surface area is 103 Å². The van der Waals surface area contributed by atoms with Crippen LogP contribution in [0.3, 0.4) is 0 Å². The van der Waals surface area contributed by atoms with E-state index in [1.165, 1.54) is 6.33 Å². The van der Waals surface area contributed by atoms with Gasteiger partial charge in [0.25, 0.3) is 0 Å². The van der Waals surface area contributed by atoms with Crippen molar-refractivity contribution in [3.63, 3.8) is 0 Å². The first-order chi connectivity index (χ1) is 8.88. The lowest BCUT2D eigenvalue weighted by atomic mass is 10.4. The fraction of sp³-hybridized carbons (Fsp3) is 0.167. The van der Waals surface area contributed by atoms with Gasteiger partial charge in [0.2, 0.25) is 11.8 Å². The third-order valence-corrected chi connectivity index (χ3v) is 2.55. The molecule has 18 heavy (non-hydrogen) atoms. The summed E-state index contributed by atoms with van der Waals surface area (Å²) in [6, 6.07) is 3.79. The normalized spacial score (nSPS) is 10.7. The SMILES string of the molecule is CCOc1cc[n+](-c2ncnc3[nH]cnc23)cc1. The highest BCUT2D eigenvalue weighted by atomic mass is 16.5. The zero-order chi connectivity index (χ0) is 12.4. The molecular formula is C12H12N5O+. The molecule has 0 saturated heterocycles. The van der Waals surface area contributed by atoms with Gasteiger partial charge in [-0.1, -0.05) is 0 Å². The van der Waals surface area contributed by atoms with Crippen LogP contribution in [-0.2, 0) is 0 Å². The lowest BCUT2D eigenvalue weighted by molar-refractivity contribution is -0.598. The van der Waals surface area contributed by atoms with Gasteiger partial charge >= 0.3 is 5.82 Å². The van der Waals surface area contributed by atoms with Crippen molar-refractivity contribution >= 4 is 11.2 Å². The Morgan fingerprint density at radius 1 is 1.22 bits per heavy atom. The number of nitrogens with one attached hydrogen (secondary N) is 1. The molecule has 0 fully saturated rings. The number of fused-ring (bicyclic) bond motifs is 1. The second-order valence-corrected chi connectivity index (χ2v) is 3.67. The highest BCUT2D eigenvalue weighted by molar-refractivity contribution is 5.75. The van der Waals surface area contributed by atoms with E-state index in [-0.39, 0.29) is 0 Å². The van der Waals surface area contributed by atoms with Crippen LogP contribution in [0.4, 0.5) is 0 Å². The van der Waals surface area contributed by atoms with Crippen LogP contribution >= 0.6 is 0 Å². The Morgan fingerprint density at radius 3 is 2.83 bits per heavy atom. The molecule has 3 aromatic rings. The highest BCUT2D eigenvalue weighted by Gasteiger charge is 2.15. The van der Waals surface area contributed by atoms with E-state index in [0.717, 1.165) is 22.7 Å². The van der Waals surface area contributed by atoms with E-state index in [0.29, 0.717) is 6.61 Å². The fourth-order valence-corrected chi connectivity index (χ4v) is 1.76. The summed E-state index contributed by atoms with van der Waals surface area (Å²) < 4.78 is 7.28. The number of hydrogen-bond donors (Lipinski definition) is 1. The predicted octanol–water partition coefficient (Wildman–Crippen LogP) is 1.03. The van der Waals surface area contributed by atoms with Crippen LogP contribution < -0.4 is 9.30 Å². The van der Waals surface area contributed by atoms with Gasteiger partial charge < -0.3 is 9.72 Å². The number of ether oxygens (including phenoxy) is 1. The van der Waals surface area contributed by atoms with Crippen molar-refractivity contribution in [1.82, 2.24) is 19.9 Å². The number of imidazole rings is 1. The van der Waals surface area contributed by atoms with Crippen molar-refractivity contribution in [2.24, 2.45) is 0 Å². The first kappa shape index (κ1) is 10.6. The topological polar surface area (TPSA) is 67.6 Å². The van der Waals surface area contributed by atoms with Crippen molar-refractivity contribution in [1.29, 1.82) is 0 Å². The molecule has 6 heteroatoms. The lowest BCUT2D eigenvalue weighted by Crippen LogP contribution is -2.31. The molecule has 0 spiro atoms. The average molecular weight is 242 g/mol. The van der Waals surface area contributed by atoms with Gasteiger partial charge in [-0.25, -0.2) is 9.55 Å². The number of pyridine rings is 1. The number of H-pyrrole nitrogens is 1. The van der Waals surface area contributed by atoms with Crippen LogP contribution in [0.25, 0.3) is 17.0 Å². The maximum Gasteiger partial charge on any atom is 0.359 e. The van der Waals surface area contributed by atoms with Crippen LogP contribution in [0.1, 0.15) is 6.92 Å².